The average Bonchev–Trinajstić information content (AvgIpc) is 3.21. The third kappa shape index (κ3) is 3.05. The summed E-state index contributed by atoms with van der Waals surface area (Å²) in [5.41, 5.74) is 0.771. The van der Waals surface area contributed by atoms with E-state index >= 15 is 0 Å². The highest BCUT2D eigenvalue weighted by Gasteiger charge is 2.17. The zero-order valence-corrected chi connectivity index (χ0v) is 15.2. The fourth-order valence-electron chi connectivity index (χ4n) is 2.46. The van der Waals surface area contributed by atoms with Gasteiger partial charge in [-0.1, -0.05) is 25.6 Å². The maximum Gasteiger partial charge on any atom is 0.272 e. The highest BCUT2D eigenvalue weighted by Crippen LogP contribution is 2.24. The lowest BCUT2D eigenvalue weighted by Gasteiger charge is -2.08. The number of nitrogens with one attached hydrogen (secondary N) is 1. The summed E-state index contributed by atoms with van der Waals surface area (Å²) < 4.78 is 4.22. The molecule has 0 aliphatic heterocycles. The molecule has 3 aromatic heterocycles. The minimum absolute atomic E-state index is 0.0259. The van der Waals surface area contributed by atoms with Crippen molar-refractivity contribution in [1.82, 2.24) is 24.5 Å². The van der Waals surface area contributed by atoms with Gasteiger partial charge < -0.3 is 5.32 Å². The molecule has 1 N–H and O–H groups in total. The molecule has 3 heterocycles. The number of amides is 1. The summed E-state index contributed by atoms with van der Waals surface area (Å²) in [5, 5.41) is 13.8. The van der Waals surface area contributed by atoms with Gasteiger partial charge in [0.15, 0.2) is 5.16 Å². The van der Waals surface area contributed by atoms with Crippen molar-refractivity contribution in [1.29, 1.82) is 0 Å². The van der Waals surface area contributed by atoms with Gasteiger partial charge in [-0.25, -0.2) is 0 Å². The maximum absolute atomic E-state index is 12.6. The van der Waals surface area contributed by atoms with Crippen LogP contribution < -0.4 is 10.9 Å². The molecule has 0 saturated carbocycles. The van der Waals surface area contributed by atoms with Crippen molar-refractivity contribution in [2.75, 3.05) is 12.3 Å². The number of carbonyl (C=O) groups is 1. The average molecular weight is 365 g/mol. The molecular weight excluding hydrogens is 346 g/mol. The van der Waals surface area contributed by atoms with Gasteiger partial charge in [0.25, 0.3) is 5.56 Å². The van der Waals surface area contributed by atoms with E-state index in [4.69, 9.17) is 0 Å². The molecule has 0 spiro atoms. The summed E-state index contributed by atoms with van der Waals surface area (Å²) in [7, 11) is 0. The lowest BCUT2D eigenvalue weighted by Crippen LogP contribution is -2.25. The number of nitrogens with zero attached hydrogens (tertiary/aromatic N) is 4. The summed E-state index contributed by atoms with van der Waals surface area (Å²) in [6, 6.07) is 1.90. The first kappa shape index (κ1) is 17.0. The Bertz CT molecular complexity index is 927. The molecule has 9 heteroatoms. The van der Waals surface area contributed by atoms with E-state index in [1.165, 1.54) is 23.1 Å². The van der Waals surface area contributed by atoms with Crippen LogP contribution in [0.4, 0.5) is 0 Å². The Morgan fingerprint density at radius 2 is 2.17 bits per heavy atom. The summed E-state index contributed by atoms with van der Waals surface area (Å²) >= 11 is 2.75. The van der Waals surface area contributed by atoms with Crippen molar-refractivity contribution in [2.45, 2.75) is 38.4 Å². The molecule has 24 heavy (non-hydrogen) atoms. The summed E-state index contributed by atoms with van der Waals surface area (Å²) in [5.74, 6) is 0.783. The SMILES string of the molecule is CCCNC(=O)CSc1nnc2n(CCC)c(=O)c3sccc3n12. The zero-order valence-electron chi connectivity index (χ0n) is 13.6. The lowest BCUT2D eigenvalue weighted by molar-refractivity contribution is -0.118. The van der Waals surface area contributed by atoms with Crippen molar-refractivity contribution in [3.63, 3.8) is 0 Å². The van der Waals surface area contributed by atoms with Crippen molar-refractivity contribution < 1.29 is 4.79 Å². The second-order valence-corrected chi connectivity index (χ2v) is 7.21. The Hall–Kier alpha value is -1.87. The van der Waals surface area contributed by atoms with Crippen molar-refractivity contribution >= 4 is 45.0 Å². The molecule has 0 aliphatic carbocycles. The van der Waals surface area contributed by atoms with E-state index in [0.717, 1.165) is 18.4 Å². The number of rotatable bonds is 7. The van der Waals surface area contributed by atoms with Crippen molar-refractivity contribution in [3.05, 3.63) is 21.8 Å². The van der Waals surface area contributed by atoms with E-state index in [9.17, 15) is 9.59 Å². The Balaban J connectivity index is 2.01. The monoisotopic (exact) mass is 365 g/mol. The van der Waals surface area contributed by atoms with Gasteiger partial charge in [0, 0.05) is 13.1 Å². The minimum Gasteiger partial charge on any atom is -0.355 e. The molecule has 0 saturated heterocycles. The largest absolute Gasteiger partial charge is 0.355 e. The highest BCUT2D eigenvalue weighted by molar-refractivity contribution is 7.99. The first-order chi connectivity index (χ1) is 11.7. The van der Waals surface area contributed by atoms with E-state index in [1.54, 1.807) is 4.57 Å². The van der Waals surface area contributed by atoms with Gasteiger partial charge in [-0.3, -0.25) is 18.6 Å². The number of fused-ring (bicyclic) bond motifs is 3. The summed E-state index contributed by atoms with van der Waals surface area (Å²) in [6.45, 7) is 5.30. The van der Waals surface area contributed by atoms with Crippen LogP contribution in [-0.2, 0) is 11.3 Å². The number of aryl methyl sites for hydroxylation is 1. The number of aromatic nitrogens is 4. The quantitative estimate of drug-likeness (QED) is 0.649. The molecule has 0 bridgehead atoms. The fraction of sp³-hybridized carbons (Fsp3) is 0.467. The Morgan fingerprint density at radius 3 is 2.92 bits per heavy atom. The van der Waals surface area contributed by atoms with Crippen LogP contribution in [0.1, 0.15) is 26.7 Å². The van der Waals surface area contributed by atoms with Gasteiger partial charge in [-0.15, -0.1) is 21.5 Å². The van der Waals surface area contributed by atoms with E-state index in [-0.39, 0.29) is 17.2 Å². The molecule has 0 fully saturated rings. The van der Waals surface area contributed by atoms with Gasteiger partial charge in [0.05, 0.1) is 11.3 Å². The second kappa shape index (κ2) is 7.35. The molecule has 0 aliphatic rings. The molecule has 0 radical (unpaired) electrons. The van der Waals surface area contributed by atoms with Crippen LogP contribution in [0.3, 0.4) is 0 Å². The van der Waals surface area contributed by atoms with E-state index in [1.807, 2.05) is 29.7 Å². The zero-order chi connectivity index (χ0) is 17.1. The Kier molecular flexibility index (Phi) is 5.20. The first-order valence-electron chi connectivity index (χ1n) is 7.92. The van der Waals surface area contributed by atoms with Crippen LogP contribution in [0.25, 0.3) is 16.0 Å². The molecule has 0 aromatic carbocycles. The topological polar surface area (TPSA) is 81.3 Å². The summed E-state index contributed by atoms with van der Waals surface area (Å²) in [6.07, 6.45) is 1.74. The van der Waals surface area contributed by atoms with Crippen LogP contribution in [0.15, 0.2) is 21.4 Å². The van der Waals surface area contributed by atoms with E-state index < -0.39 is 0 Å². The molecule has 3 rings (SSSR count). The van der Waals surface area contributed by atoms with Gasteiger partial charge in [0.2, 0.25) is 11.7 Å². The van der Waals surface area contributed by atoms with Crippen LogP contribution in [0, 0.1) is 0 Å². The number of thiophene rings is 1. The van der Waals surface area contributed by atoms with Crippen LogP contribution in [0.2, 0.25) is 0 Å². The Labute approximate surface area is 147 Å². The second-order valence-electron chi connectivity index (χ2n) is 5.35. The molecule has 128 valence electrons. The van der Waals surface area contributed by atoms with Crippen LogP contribution in [-0.4, -0.2) is 37.4 Å². The summed E-state index contributed by atoms with van der Waals surface area (Å²) in [4.78, 5) is 24.4. The van der Waals surface area contributed by atoms with E-state index in [0.29, 0.717) is 28.7 Å². The van der Waals surface area contributed by atoms with Gasteiger partial charge in [-0.05, 0) is 24.3 Å². The molecule has 0 unspecified atom stereocenters. The van der Waals surface area contributed by atoms with Gasteiger partial charge >= 0.3 is 0 Å². The van der Waals surface area contributed by atoms with E-state index in [2.05, 4.69) is 15.5 Å². The first-order valence-corrected chi connectivity index (χ1v) is 9.78. The molecular formula is C15H19N5O2S2. The number of thioether (sulfide) groups is 1. The van der Waals surface area contributed by atoms with Crippen LogP contribution >= 0.6 is 23.1 Å². The molecule has 7 nitrogen and oxygen atoms in total. The highest BCUT2D eigenvalue weighted by atomic mass is 32.2. The third-order valence-electron chi connectivity index (χ3n) is 3.53. The smallest absolute Gasteiger partial charge is 0.272 e. The predicted molar refractivity (Wildman–Crippen MR) is 96.9 cm³/mol. The van der Waals surface area contributed by atoms with Crippen molar-refractivity contribution in [3.8, 4) is 0 Å². The van der Waals surface area contributed by atoms with Gasteiger partial charge in [-0.2, -0.15) is 0 Å². The number of carbonyl (C=O) groups excluding carboxylic acids is 1. The molecule has 3 aromatic rings. The Morgan fingerprint density at radius 1 is 1.33 bits per heavy atom. The minimum atomic E-state index is -0.0287. The molecule has 1 amide bonds. The number of hydrogen-bond acceptors (Lipinski definition) is 6. The standard InChI is InChI=1S/C15H19N5O2S2/c1-3-6-16-11(21)9-24-15-18-17-14-19(7-4-2)13(22)12-10(20(14)15)5-8-23-12/h5,8H,3-4,6-7,9H2,1-2H3,(H,16,21). The third-order valence-corrected chi connectivity index (χ3v) is 5.35. The lowest BCUT2D eigenvalue weighted by atomic mass is 10.4. The predicted octanol–water partition coefficient (Wildman–Crippen LogP) is 2.13. The fourth-order valence-corrected chi connectivity index (χ4v) is 4.06. The molecule has 0 atom stereocenters. The van der Waals surface area contributed by atoms with Crippen molar-refractivity contribution in [2.24, 2.45) is 0 Å². The maximum atomic E-state index is 12.6. The van der Waals surface area contributed by atoms with Crippen LogP contribution in [0.5, 0.6) is 0 Å². The normalized spacial score (nSPS) is 11.4. The van der Waals surface area contributed by atoms with Gasteiger partial charge in [0.1, 0.15) is 4.70 Å². The number of hydrogen-bond donors (Lipinski definition) is 1.